The van der Waals surface area contributed by atoms with Crippen LogP contribution in [0.2, 0.25) is 5.02 Å². The van der Waals surface area contributed by atoms with Crippen molar-refractivity contribution < 1.29 is 23.8 Å². The van der Waals surface area contributed by atoms with Gasteiger partial charge in [0.2, 0.25) is 0 Å². The highest BCUT2D eigenvalue weighted by Crippen LogP contribution is 2.25. The average Bonchev–Trinajstić information content (AvgIpc) is 2.72. The number of halogens is 2. The molecule has 9 heteroatoms. The molecule has 0 bridgehead atoms. The Morgan fingerprint density at radius 1 is 1.23 bits per heavy atom. The van der Waals surface area contributed by atoms with Crippen molar-refractivity contribution in [2.24, 2.45) is 0 Å². The average molecular weight is 436 g/mol. The van der Waals surface area contributed by atoms with E-state index in [4.69, 9.17) is 16.3 Å². The van der Waals surface area contributed by atoms with Crippen LogP contribution in [0.4, 0.5) is 20.6 Å². The summed E-state index contributed by atoms with van der Waals surface area (Å²) in [5.41, 5.74) is 0.561. The van der Waals surface area contributed by atoms with Gasteiger partial charge in [0.15, 0.2) is 0 Å². The van der Waals surface area contributed by atoms with E-state index < -0.39 is 11.7 Å². The van der Waals surface area contributed by atoms with Crippen molar-refractivity contribution in [2.45, 2.75) is 25.8 Å². The molecule has 160 valence electrons. The molecule has 2 aromatic carbocycles. The van der Waals surface area contributed by atoms with Crippen LogP contribution < -0.4 is 10.6 Å². The lowest BCUT2D eigenvalue weighted by Gasteiger charge is -2.32. The summed E-state index contributed by atoms with van der Waals surface area (Å²) >= 11 is 5.86. The van der Waals surface area contributed by atoms with Gasteiger partial charge >= 0.3 is 6.09 Å². The Hall–Kier alpha value is -3.00. The molecule has 0 aliphatic carbocycles. The fourth-order valence-corrected chi connectivity index (χ4v) is 3.41. The number of ether oxygens (including phenoxy) is 1. The molecule has 3 N–H and O–H groups in total. The van der Waals surface area contributed by atoms with Gasteiger partial charge in [-0.3, -0.25) is 4.79 Å². The highest BCUT2D eigenvalue weighted by Gasteiger charge is 2.24. The fraction of sp³-hybridized carbons (Fsp3) is 0.333. The number of phenols is 1. The van der Waals surface area contributed by atoms with E-state index in [1.165, 1.54) is 24.3 Å². The number of anilines is 2. The number of carbonyl (C=O) groups excluding carboxylic acids is 2. The lowest BCUT2D eigenvalue weighted by molar-refractivity contribution is 0.0981. The maximum absolute atomic E-state index is 14.5. The molecule has 0 aromatic heterocycles. The predicted octanol–water partition coefficient (Wildman–Crippen LogP) is 4.47. The van der Waals surface area contributed by atoms with Gasteiger partial charge in [0, 0.05) is 29.8 Å². The number of hydrogen-bond donors (Lipinski definition) is 3. The minimum atomic E-state index is -0.596. The molecule has 7 nitrogen and oxygen atoms in total. The third-order valence-electron chi connectivity index (χ3n) is 4.81. The largest absolute Gasteiger partial charge is 0.507 e. The Labute approximate surface area is 178 Å². The first kappa shape index (κ1) is 21.7. The van der Waals surface area contributed by atoms with E-state index in [-0.39, 0.29) is 29.1 Å². The first-order chi connectivity index (χ1) is 14.4. The molecule has 2 amide bonds. The first-order valence-corrected chi connectivity index (χ1v) is 10.0. The monoisotopic (exact) mass is 435 g/mol. The fourth-order valence-electron chi connectivity index (χ4n) is 3.24. The number of hydrogen-bond acceptors (Lipinski definition) is 5. The summed E-state index contributed by atoms with van der Waals surface area (Å²) in [4.78, 5) is 25.7. The van der Waals surface area contributed by atoms with E-state index in [0.717, 1.165) is 0 Å². The predicted molar refractivity (Wildman–Crippen MR) is 113 cm³/mol. The first-order valence-electron chi connectivity index (χ1n) is 9.65. The van der Waals surface area contributed by atoms with E-state index >= 15 is 0 Å². The van der Waals surface area contributed by atoms with E-state index in [1.807, 2.05) is 0 Å². The van der Waals surface area contributed by atoms with Gasteiger partial charge in [-0.05, 0) is 56.2 Å². The Balaban J connectivity index is 1.59. The number of likely N-dealkylation sites (tertiary alicyclic amines) is 1. The molecule has 0 unspecified atom stereocenters. The Bertz CT molecular complexity index is 932. The maximum Gasteiger partial charge on any atom is 0.409 e. The second-order valence-corrected chi connectivity index (χ2v) is 7.35. The van der Waals surface area contributed by atoms with Crippen LogP contribution in [0.3, 0.4) is 0 Å². The summed E-state index contributed by atoms with van der Waals surface area (Å²) in [5, 5.41) is 15.8. The van der Waals surface area contributed by atoms with Crippen LogP contribution in [-0.4, -0.2) is 47.7 Å². The van der Waals surface area contributed by atoms with Crippen molar-refractivity contribution >= 4 is 35.0 Å². The van der Waals surface area contributed by atoms with Crippen LogP contribution in [0.15, 0.2) is 36.4 Å². The van der Waals surface area contributed by atoms with Gasteiger partial charge in [-0.15, -0.1) is 0 Å². The molecule has 1 aliphatic heterocycles. The third-order valence-corrected chi connectivity index (χ3v) is 5.05. The number of piperidine rings is 1. The van der Waals surface area contributed by atoms with Crippen molar-refractivity contribution in [2.75, 3.05) is 30.3 Å². The molecule has 1 heterocycles. The molecule has 3 rings (SSSR count). The zero-order valence-electron chi connectivity index (χ0n) is 16.5. The SMILES string of the molecule is CCOC(=O)N1CCC(Nc2ccc(NC(=O)c3cc(Cl)ccc3O)cc2F)CC1. The van der Waals surface area contributed by atoms with Gasteiger partial charge in [0.05, 0.1) is 17.9 Å². The molecule has 0 spiro atoms. The summed E-state index contributed by atoms with van der Waals surface area (Å²) in [6, 6.07) is 8.45. The molecule has 0 saturated carbocycles. The minimum absolute atomic E-state index is 0.00142. The number of aromatic hydroxyl groups is 1. The van der Waals surface area contributed by atoms with Crippen molar-refractivity contribution in [3.8, 4) is 5.75 Å². The molecule has 1 aliphatic rings. The number of nitrogens with one attached hydrogen (secondary N) is 2. The molecule has 30 heavy (non-hydrogen) atoms. The summed E-state index contributed by atoms with van der Waals surface area (Å²) < 4.78 is 19.5. The van der Waals surface area contributed by atoms with Crippen LogP contribution in [0.25, 0.3) is 0 Å². The van der Waals surface area contributed by atoms with Crippen molar-refractivity contribution in [3.05, 3.63) is 52.8 Å². The molecular formula is C21H23ClFN3O4. The second-order valence-electron chi connectivity index (χ2n) is 6.91. The van der Waals surface area contributed by atoms with Crippen LogP contribution in [0.1, 0.15) is 30.1 Å². The van der Waals surface area contributed by atoms with E-state index in [9.17, 15) is 19.1 Å². The van der Waals surface area contributed by atoms with Crippen molar-refractivity contribution in [1.29, 1.82) is 0 Å². The molecule has 0 radical (unpaired) electrons. The van der Waals surface area contributed by atoms with Gasteiger partial charge in [0.25, 0.3) is 5.91 Å². The van der Waals surface area contributed by atoms with Gasteiger partial charge in [-0.1, -0.05) is 11.6 Å². The highest BCUT2D eigenvalue weighted by molar-refractivity contribution is 6.31. The van der Waals surface area contributed by atoms with E-state index in [2.05, 4.69) is 10.6 Å². The molecule has 2 aromatic rings. The summed E-state index contributed by atoms with van der Waals surface area (Å²) in [6.45, 7) is 3.17. The summed E-state index contributed by atoms with van der Waals surface area (Å²) in [6.07, 6.45) is 1.02. The standard InChI is InChI=1S/C21H23ClFN3O4/c1-2-30-21(29)26-9-7-14(8-10-26)24-18-5-4-15(12-17(18)23)25-20(28)16-11-13(22)3-6-19(16)27/h3-6,11-12,14,24,27H,2,7-10H2,1H3,(H,25,28). The Morgan fingerprint density at radius 2 is 1.97 bits per heavy atom. The molecular weight excluding hydrogens is 413 g/mol. The maximum atomic E-state index is 14.5. The Kier molecular flexibility index (Phi) is 6.99. The van der Waals surface area contributed by atoms with Gasteiger partial charge < -0.3 is 25.4 Å². The summed E-state index contributed by atoms with van der Waals surface area (Å²) in [7, 11) is 0. The lowest BCUT2D eigenvalue weighted by atomic mass is 10.0. The van der Waals surface area contributed by atoms with Gasteiger partial charge in [-0.25, -0.2) is 9.18 Å². The number of rotatable bonds is 5. The van der Waals surface area contributed by atoms with Gasteiger partial charge in [-0.2, -0.15) is 0 Å². The summed E-state index contributed by atoms with van der Waals surface area (Å²) in [5.74, 6) is -1.33. The number of phenolic OH excluding ortho intramolecular Hbond substituents is 1. The van der Waals surface area contributed by atoms with Gasteiger partial charge in [0.1, 0.15) is 11.6 Å². The van der Waals surface area contributed by atoms with E-state index in [1.54, 1.807) is 24.0 Å². The molecule has 1 saturated heterocycles. The second kappa shape index (κ2) is 9.67. The third kappa shape index (κ3) is 5.33. The zero-order chi connectivity index (χ0) is 21.7. The van der Waals surface area contributed by atoms with E-state index in [0.29, 0.717) is 43.2 Å². The molecule has 1 fully saturated rings. The quantitative estimate of drug-likeness (QED) is 0.644. The minimum Gasteiger partial charge on any atom is -0.507 e. The van der Waals surface area contributed by atoms with Crippen LogP contribution >= 0.6 is 11.6 Å². The highest BCUT2D eigenvalue weighted by atomic mass is 35.5. The number of carbonyl (C=O) groups is 2. The zero-order valence-corrected chi connectivity index (χ0v) is 17.2. The smallest absolute Gasteiger partial charge is 0.409 e. The van der Waals surface area contributed by atoms with Crippen molar-refractivity contribution in [3.63, 3.8) is 0 Å². The number of nitrogens with zero attached hydrogens (tertiary/aromatic N) is 1. The number of benzene rings is 2. The number of amides is 2. The Morgan fingerprint density at radius 3 is 2.63 bits per heavy atom. The van der Waals surface area contributed by atoms with Crippen molar-refractivity contribution in [1.82, 2.24) is 4.90 Å². The van der Waals surface area contributed by atoms with Crippen LogP contribution in [-0.2, 0) is 4.74 Å². The normalized spacial score (nSPS) is 14.3. The van der Waals surface area contributed by atoms with Crippen LogP contribution in [0, 0.1) is 5.82 Å². The lowest BCUT2D eigenvalue weighted by Crippen LogP contribution is -2.42. The topological polar surface area (TPSA) is 90.9 Å². The van der Waals surface area contributed by atoms with Crippen LogP contribution in [0.5, 0.6) is 5.75 Å². The molecule has 0 atom stereocenters.